The molecule has 126 valence electrons. The third kappa shape index (κ3) is 3.87. The molecule has 0 radical (unpaired) electrons. The predicted octanol–water partition coefficient (Wildman–Crippen LogP) is 0.323. The van der Waals surface area contributed by atoms with Crippen LogP contribution in [0.3, 0.4) is 0 Å². The highest BCUT2D eigenvalue weighted by atomic mass is 32.2. The molecule has 1 aromatic heterocycles. The molecule has 0 N–H and O–H groups in total. The highest BCUT2D eigenvalue weighted by molar-refractivity contribution is 7.99. The van der Waals surface area contributed by atoms with E-state index in [4.69, 9.17) is 4.74 Å². The van der Waals surface area contributed by atoms with E-state index in [2.05, 4.69) is 9.97 Å². The fraction of sp³-hybridized carbons (Fsp3) is 0.667. The lowest BCUT2D eigenvalue weighted by Crippen LogP contribution is -2.53. The van der Waals surface area contributed by atoms with E-state index in [1.165, 1.54) is 0 Å². The van der Waals surface area contributed by atoms with Gasteiger partial charge in [0.1, 0.15) is 5.82 Å². The number of morpholine rings is 1. The van der Waals surface area contributed by atoms with Crippen LogP contribution in [-0.2, 0) is 9.53 Å². The summed E-state index contributed by atoms with van der Waals surface area (Å²) in [6, 6.07) is 1.87. The molecule has 0 aromatic carbocycles. The summed E-state index contributed by atoms with van der Waals surface area (Å²) >= 11 is 1.89. The molecule has 0 aliphatic carbocycles. The number of aromatic nitrogens is 2. The number of nitrogens with zero attached hydrogens (tertiary/aromatic N) is 5. The third-order valence-electron chi connectivity index (χ3n) is 4.03. The number of amides is 1. The minimum absolute atomic E-state index is 0.0961. The van der Waals surface area contributed by atoms with Crippen LogP contribution in [0.25, 0.3) is 0 Å². The molecule has 1 atom stereocenters. The molecule has 2 aliphatic heterocycles. The van der Waals surface area contributed by atoms with Crippen molar-refractivity contribution in [3.8, 4) is 0 Å². The molecule has 23 heavy (non-hydrogen) atoms. The van der Waals surface area contributed by atoms with Crippen molar-refractivity contribution >= 4 is 29.4 Å². The smallest absolute Gasteiger partial charge is 0.253 e. The molecule has 2 fully saturated rings. The summed E-state index contributed by atoms with van der Waals surface area (Å²) in [5.41, 5.74) is 0. The van der Waals surface area contributed by atoms with Crippen molar-refractivity contribution in [1.29, 1.82) is 0 Å². The summed E-state index contributed by atoms with van der Waals surface area (Å²) < 4.78 is 5.72. The van der Waals surface area contributed by atoms with Crippen molar-refractivity contribution in [1.82, 2.24) is 14.9 Å². The van der Waals surface area contributed by atoms with Crippen LogP contribution in [0, 0.1) is 0 Å². The second kappa shape index (κ2) is 7.35. The van der Waals surface area contributed by atoms with Gasteiger partial charge in [-0.2, -0.15) is 16.7 Å². The molecule has 3 heterocycles. The zero-order valence-corrected chi connectivity index (χ0v) is 14.5. The Morgan fingerprint density at radius 3 is 2.87 bits per heavy atom. The molecule has 2 saturated heterocycles. The Kier molecular flexibility index (Phi) is 5.22. The van der Waals surface area contributed by atoms with Gasteiger partial charge in [-0.1, -0.05) is 0 Å². The van der Waals surface area contributed by atoms with Crippen LogP contribution in [0.15, 0.2) is 12.3 Å². The number of thioether (sulfide) groups is 1. The third-order valence-corrected chi connectivity index (χ3v) is 4.98. The van der Waals surface area contributed by atoms with E-state index >= 15 is 0 Å². The van der Waals surface area contributed by atoms with Crippen molar-refractivity contribution in [2.24, 2.45) is 0 Å². The van der Waals surface area contributed by atoms with Crippen molar-refractivity contribution in [2.45, 2.75) is 6.10 Å². The predicted molar refractivity (Wildman–Crippen MR) is 92.2 cm³/mol. The average molecular weight is 337 g/mol. The summed E-state index contributed by atoms with van der Waals surface area (Å²) in [6.45, 7) is 3.37. The Bertz CT molecular complexity index is 550. The molecule has 8 heteroatoms. The second-order valence-corrected chi connectivity index (χ2v) is 7.08. The Hall–Kier alpha value is -1.54. The first-order valence-electron chi connectivity index (χ1n) is 7.88. The van der Waals surface area contributed by atoms with E-state index in [0.717, 1.165) is 30.4 Å². The Morgan fingerprint density at radius 1 is 1.35 bits per heavy atom. The quantitative estimate of drug-likeness (QED) is 0.787. The van der Waals surface area contributed by atoms with E-state index in [0.29, 0.717) is 25.6 Å². The van der Waals surface area contributed by atoms with Gasteiger partial charge in [-0.25, -0.2) is 4.98 Å². The molecule has 2 aliphatic rings. The lowest BCUT2D eigenvalue weighted by atomic mass is 10.2. The van der Waals surface area contributed by atoms with E-state index in [-0.39, 0.29) is 5.91 Å². The Morgan fingerprint density at radius 2 is 2.13 bits per heavy atom. The molecule has 3 rings (SSSR count). The van der Waals surface area contributed by atoms with Crippen LogP contribution in [0.4, 0.5) is 11.8 Å². The SMILES string of the molecule is CN(C)c1ccnc(N2CCOC(C(=O)N3CCSCC3)C2)n1. The number of anilines is 2. The number of hydrogen-bond donors (Lipinski definition) is 0. The first-order valence-corrected chi connectivity index (χ1v) is 9.04. The molecule has 1 aromatic rings. The van der Waals surface area contributed by atoms with Gasteiger partial charge in [-0.3, -0.25) is 4.79 Å². The van der Waals surface area contributed by atoms with Gasteiger partial charge in [0, 0.05) is 51.4 Å². The van der Waals surface area contributed by atoms with Gasteiger partial charge >= 0.3 is 0 Å². The standard InChI is InChI=1S/C15H23N5O2S/c1-18(2)13-3-4-16-15(17-13)20-5-8-22-12(11-20)14(21)19-6-9-23-10-7-19/h3-4,12H,5-11H2,1-2H3. The van der Waals surface area contributed by atoms with Crippen LogP contribution in [0.2, 0.25) is 0 Å². The van der Waals surface area contributed by atoms with E-state index in [9.17, 15) is 4.79 Å². The minimum Gasteiger partial charge on any atom is -0.365 e. The minimum atomic E-state index is -0.418. The van der Waals surface area contributed by atoms with Crippen molar-refractivity contribution in [3.63, 3.8) is 0 Å². The normalized spacial score (nSPS) is 22.1. The maximum absolute atomic E-state index is 12.6. The molecule has 1 unspecified atom stereocenters. The van der Waals surface area contributed by atoms with Crippen LogP contribution in [-0.4, -0.2) is 85.3 Å². The van der Waals surface area contributed by atoms with Gasteiger partial charge in [-0.05, 0) is 6.07 Å². The van der Waals surface area contributed by atoms with Gasteiger partial charge in [0.2, 0.25) is 5.95 Å². The van der Waals surface area contributed by atoms with Gasteiger partial charge < -0.3 is 19.4 Å². The largest absolute Gasteiger partial charge is 0.365 e. The van der Waals surface area contributed by atoms with E-state index < -0.39 is 6.10 Å². The van der Waals surface area contributed by atoms with Gasteiger partial charge in [0.05, 0.1) is 13.2 Å². The van der Waals surface area contributed by atoms with Gasteiger partial charge in [-0.15, -0.1) is 0 Å². The number of hydrogen-bond acceptors (Lipinski definition) is 7. The topological polar surface area (TPSA) is 61.8 Å². The second-order valence-electron chi connectivity index (χ2n) is 5.85. The summed E-state index contributed by atoms with van der Waals surface area (Å²) in [4.78, 5) is 27.4. The number of carbonyl (C=O) groups excluding carboxylic acids is 1. The molecule has 0 bridgehead atoms. The van der Waals surface area contributed by atoms with Crippen molar-refractivity contribution in [3.05, 3.63) is 12.3 Å². The highest BCUT2D eigenvalue weighted by Crippen LogP contribution is 2.18. The maximum Gasteiger partial charge on any atom is 0.253 e. The fourth-order valence-electron chi connectivity index (χ4n) is 2.71. The summed E-state index contributed by atoms with van der Waals surface area (Å²) in [5, 5.41) is 0. The number of rotatable bonds is 3. The average Bonchev–Trinajstić information content (AvgIpc) is 2.62. The highest BCUT2D eigenvalue weighted by Gasteiger charge is 2.31. The number of carbonyl (C=O) groups is 1. The summed E-state index contributed by atoms with van der Waals surface area (Å²) in [7, 11) is 3.90. The first-order chi connectivity index (χ1) is 11.1. The monoisotopic (exact) mass is 337 g/mol. The van der Waals surface area contributed by atoms with Crippen LogP contribution >= 0.6 is 11.8 Å². The van der Waals surface area contributed by atoms with Crippen LogP contribution in [0.1, 0.15) is 0 Å². The first kappa shape index (κ1) is 16.3. The van der Waals surface area contributed by atoms with Gasteiger partial charge in [0.15, 0.2) is 6.10 Å². The molecule has 0 saturated carbocycles. The molecule has 1 amide bonds. The molecular formula is C15H23N5O2S. The van der Waals surface area contributed by atoms with E-state index in [1.54, 1.807) is 6.20 Å². The summed E-state index contributed by atoms with van der Waals surface area (Å²) in [6.07, 6.45) is 1.34. The number of ether oxygens (including phenoxy) is 1. The molecular weight excluding hydrogens is 314 g/mol. The zero-order valence-electron chi connectivity index (χ0n) is 13.6. The van der Waals surface area contributed by atoms with Crippen molar-refractivity contribution < 1.29 is 9.53 Å². The Labute approximate surface area is 141 Å². The van der Waals surface area contributed by atoms with Crippen LogP contribution < -0.4 is 9.80 Å². The van der Waals surface area contributed by atoms with Crippen molar-refractivity contribution in [2.75, 3.05) is 68.2 Å². The van der Waals surface area contributed by atoms with Crippen LogP contribution in [0.5, 0.6) is 0 Å². The van der Waals surface area contributed by atoms with Gasteiger partial charge in [0.25, 0.3) is 5.91 Å². The van der Waals surface area contributed by atoms with E-state index in [1.807, 2.05) is 46.6 Å². The molecule has 7 nitrogen and oxygen atoms in total. The Balaban J connectivity index is 1.68. The maximum atomic E-state index is 12.6. The fourth-order valence-corrected chi connectivity index (χ4v) is 3.61. The lowest BCUT2D eigenvalue weighted by Gasteiger charge is -2.36. The zero-order chi connectivity index (χ0) is 16.2. The summed E-state index contributed by atoms with van der Waals surface area (Å²) in [5.74, 6) is 3.63. The molecule has 0 spiro atoms. The lowest BCUT2D eigenvalue weighted by molar-refractivity contribution is -0.144.